The monoisotopic (exact) mass is 323 g/mol. The molecule has 5 heteroatoms. The van der Waals surface area contributed by atoms with Gasteiger partial charge < -0.3 is 9.47 Å². The van der Waals surface area contributed by atoms with Gasteiger partial charge in [-0.1, -0.05) is 20.8 Å². The predicted molar refractivity (Wildman–Crippen MR) is 88.3 cm³/mol. The normalized spacial score (nSPS) is 31.2. The van der Waals surface area contributed by atoms with E-state index in [2.05, 4.69) is 25.5 Å². The Balaban J connectivity index is 2.20. The molecule has 0 aromatic rings. The largest absolute Gasteiger partial charge is 0.469 e. The summed E-state index contributed by atoms with van der Waals surface area (Å²) in [6.45, 7) is 8.98. The molecule has 0 aromatic carbocycles. The van der Waals surface area contributed by atoms with E-state index in [9.17, 15) is 9.59 Å². The molecule has 0 unspecified atom stereocenters. The summed E-state index contributed by atoms with van der Waals surface area (Å²) in [5.74, 6) is -0.0261. The highest BCUT2D eigenvalue weighted by molar-refractivity contribution is 5.96. The SMILES string of the molecule is CCOC(=O)[C@H](CCC(=O)OC)N=C1C[C@H]2CC[C@]1(C)C2(C)C. The van der Waals surface area contributed by atoms with Crippen molar-refractivity contribution in [3.05, 3.63) is 0 Å². The zero-order valence-electron chi connectivity index (χ0n) is 15.0. The molecule has 0 aliphatic heterocycles. The van der Waals surface area contributed by atoms with Crippen molar-refractivity contribution < 1.29 is 19.1 Å². The van der Waals surface area contributed by atoms with Crippen LogP contribution in [0.5, 0.6) is 0 Å². The van der Waals surface area contributed by atoms with Crippen molar-refractivity contribution in [2.24, 2.45) is 21.7 Å². The van der Waals surface area contributed by atoms with Crippen LogP contribution in [0.4, 0.5) is 0 Å². The number of ether oxygens (including phenoxy) is 2. The van der Waals surface area contributed by atoms with Gasteiger partial charge in [-0.3, -0.25) is 9.79 Å². The van der Waals surface area contributed by atoms with Gasteiger partial charge in [0, 0.05) is 17.5 Å². The van der Waals surface area contributed by atoms with Crippen LogP contribution >= 0.6 is 0 Å². The molecule has 2 fully saturated rings. The van der Waals surface area contributed by atoms with Crippen LogP contribution in [0.15, 0.2) is 4.99 Å². The van der Waals surface area contributed by atoms with Gasteiger partial charge in [0.2, 0.25) is 0 Å². The fraction of sp³-hybridized carbons (Fsp3) is 0.833. The molecule has 0 spiro atoms. The first kappa shape index (κ1) is 18.0. The van der Waals surface area contributed by atoms with Gasteiger partial charge in [0.15, 0.2) is 0 Å². The van der Waals surface area contributed by atoms with E-state index in [1.165, 1.54) is 13.5 Å². The quantitative estimate of drug-likeness (QED) is 0.704. The molecule has 5 nitrogen and oxygen atoms in total. The number of aliphatic imine (C=N–C) groups is 1. The highest BCUT2D eigenvalue weighted by Gasteiger charge is 2.59. The lowest BCUT2D eigenvalue weighted by atomic mass is 9.70. The Morgan fingerprint density at radius 3 is 2.52 bits per heavy atom. The van der Waals surface area contributed by atoms with Crippen molar-refractivity contribution >= 4 is 17.7 Å². The van der Waals surface area contributed by atoms with Crippen LogP contribution in [-0.4, -0.2) is 37.4 Å². The first-order valence-corrected chi connectivity index (χ1v) is 8.57. The summed E-state index contributed by atoms with van der Waals surface area (Å²) in [7, 11) is 1.35. The zero-order valence-corrected chi connectivity index (χ0v) is 15.0. The number of methoxy groups -OCH3 is 1. The second-order valence-corrected chi connectivity index (χ2v) is 7.45. The summed E-state index contributed by atoms with van der Waals surface area (Å²) in [5.41, 5.74) is 1.39. The second kappa shape index (κ2) is 6.62. The van der Waals surface area contributed by atoms with Gasteiger partial charge in [0.1, 0.15) is 6.04 Å². The number of hydrogen-bond donors (Lipinski definition) is 0. The predicted octanol–water partition coefficient (Wildman–Crippen LogP) is 3.16. The van der Waals surface area contributed by atoms with Gasteiger partial charge in [-0.15, -0.1) is 0 Å². The summed E-state index contributed by atoms with van der Waals surface area (Å²) < 4.78 is 9.82. The Morgan fingerprint density at radius 1 is 1.35 bits per heavy atom. The van der Waals surface area contributed by atoms with E-state index in [1.807, 2.05) is 0 Å². The number of rotatable bonds is 6. The summed E-state index contributed by atoms with van der Waals surface area (Å²) in [4.78, 5) is 28.4. The van der Waals surface area contributed by atoms with Gasteiger partial charge in [0.25, 0.3) is 0 Å². The Morgan fingerprint density at radius 2 is 2.04 bits per heavy atom. The maximum absolute atomic E-state index is 12.2. The van der Waals surface area contributed by atoms with Crippen LogP contribution in [0.2, 0.25) is 0 Å². The van der Waals surface area contributed by atoms with E-state index in [0.717, 1.165) is 18.6 Å². The summed E-state index contributed by atoms with van der Waals surface area (Å²) in [6.07, 6.45) is 3.83. The number of fused-ring (bicyclic) bond motifs is 2. The second-order valence-electron chi connectivity index (χ2n) is 7.45. The molecule has 0 heterocycles. The molecule has 0 aromatic heterocycles. The lowest BCUT2D eigenvalue weighted by Gasteiger charge is -2.35. The van der Waals surface area contributed by atoms with E-state index < -0.39 is 6.04 Å². The third kappa shape index (κ3) is 3.15. The number of carbonyl (C=O) groups is 2. The number of esters is 2. The number of hydrogen-bond acceptors (Lipinski definition) is 5. The third-order valence-corrected chi connectivity index (χ3v) is 6.23. The van der Waals surface area contributed by atoms with Gasteiger partial charge >= 0.3 is 11.9 Å². The molecular formula is C18H29NO4. The zero-order chi connectivity index (χ0) is 17.3. The smallest absolute Gasteiger partial charge is 0.330 e. The molecule has 2 aliphatic carbocycles. The molecule has 0 radical (unpaired) electrons. The van der Waals surface area contributed by atoms with Crippen molar-refractivity contribution in [2.75, 3.05) is 13.7 Å². The van der Waals surface area contributed by atoms with Gasteiger partial charge in [-0.2, -0.15) is 0 Å². The van der Waals surface area contributed by atoms with Crippen molar-refractivity contribution in [3.8, 4) is 0 Å². The molecule has 0 saturated heterocycles. The van der Waals surface area contributed by atoms with Crippen LogP contribution in [0.3, 0.4) is 0 Å². The minimum atomic E-state index is -0.601. The van der Waals surface area contributed by atoms with Crippen LogP contribution in [-0.2, 0) is 19.1 Å². The van der Waals surface area contributed by atoms with E-state index in [4.69, 9.17) is 9.73 Å². The maximum Gasteiger partial charge on any atom is 0.330 e. The molecule has 130 valence electrons. The molecule has 2 bridgehead atoms. The average Bonchev–Trinajstić information content (AvgIpc) is 2.84. The first-order valence-electron chi connectivity index (χ1n) is 8.57. The minimum absolute atomic E-state index is 0.0493. The molecule has 3 atom stereocenters. The van der Waals surface area contributed by atoms with Crippen molar-refractivity contribution in [3.63, 3.8) is 0 Å². The Kier molecular flexibility index (Phi) is 5.17. The molecule has 23 heavy (non-hydrogen) atoms. The number of nitrogens with zero attached hydrogens (tertiary/aromatic N) is 1. The summed E-state index contributed by atoms with van der Waals surface area (Å²) in [6, 6.07) is -0.601. The highest BCUT2D eigenvalue weighted by atomic mass is 16.5. The van der Waals surface area contributed by atoms with E-state index >= 15 is 0 Å². The molecular weight excluding hydrogens is 294 g/mol. The van der Waals surface area contributed by atoms with Crippen molar-refractivity contribution in [1.82, 2.24) is 0 Å². The van der Waals surface area contributed by atoms with Gasteiger partial charge in [-0.25, -0.2) is 4.79 Å². The third-order valence-electron chi connectivity index (χ3n) is 6.23. The Hall–Kier alpha value is -1.39. The van der Waals surface area contributed by atoms with Gasteiger partial charge in [-0.05, 0) is 43.9 Å². The van der Waals surface area contributed by atoms with Crippen LogP contribution < -0.4 is 0 Å². The van der Waals surface area contributed by atoms with Crippen molar-refractivity contribution in [1.29, 1.82) is 0 Å². The van der Waals surface area contributed by atoms with E-state index in [1.54, 1.807) is 6.92 Å². The Labute approximate surface area is 138 Å². The lowest BCUT2D eigenvalue weighted by Crippen LogP contribution is -2.34. The molecule has 2 aliphatic rings. The maximum atomic E-state index is 12.2. The van der Waals surface area contributed by atoms with Gasteiger partial charge in [0.05, 0.1) is 13.7 Å². The molecule has 2 saturated carbocycles. The topological polar surface area (TPSA) is 65.0 Å². The van der Waals surface area contributed by atoms with Crippen LogP contribution in [0.25, 0.3) is 0 Å². The first-order chi connectivity index (χ1) is 10.8. The van der Waals surface area contributed by atoms with E-state index in [0.29, 0.717) is 18.9 Å². The Bertz CT molecular complexity index is 511. The molecule has 0 amide bonds. The molecule has 0 N–H and O–H groups in total. The van der Waals surface area contributed by atoms with Crippen LogP contribution in [0, 0.1) is 16.7 Å². The standard InChI is InChI=1S/C18H29NO4/c1-6-23-16(21)13(7-8-15(20)22-5)19-14-11-12-9-10-18(14,4)17(12,2)3/h12-13H,6-11H2,1-5H3/t12-,13+,18+/m1/s1. The summed E-state index contributed by atoms with van der Waals surface area (Å²) >= 11 is 0. The fourth-order valence-electron chi connectivity index (χ4n) is 4.14. The van der Waals surface area contributed by atoms with Crippen molar-refractivity contribution in [2.45, 2.75) is 65.8 Å². The minimum Gasteiger partial charge on any atom is -0.469 e. The number of carbonyl (C=O) groups excluding carboxylic acids is 2. The lowest BCUT2D eigenvalue weighted by molar-refractivity contribution is -0.145. The molecule has 2 rings (SSSR count). The summed E-state index contributed by atoms with van der Waals surface area (Å²) in [5, 5.41) is 0. The highest BCUT2D eigenvalue weighted by Crippen LogP contribution is 2.64. The van der Waals surface area contributed by atoms with Crippen LogP contribution in [0.1, 0.15) is 59.8 Å². The fourth-order valence-corrected chi connectivity index (χ4v) is 4.14. The van der Waals surface area contributed by atoms with E-state index in [-0.39, 0.29) is 29.2 Å². The average molecular weight is 323 g/mol.